The van der Waals surface area contributed by atoms with Crippen molar-refractivity contribution in [1.82, 2.24) is 19.9 Å². The maximum Gasteiger partial charge on any atom is 0.404 e. The molecule has 0 radical (unpaired) electrons. The molecule has 0 amide bonds. The number of halogens is 5. The molecule has 2 aromatic heterocycles. The van der Waals surface area contributed by atoms with Crippen LogP contribution in [-0.4, -0.2) is 47.9 Å². The highest BCUT2D eigenvalue weighted by molar-refractivity contribution is 7.89. The highest BCUT2D eigenvalue weighted by Crippen LogP contribution is 2.45. The minimum atomic E-state index is -4.78. The van der Waals surface area contributed by atoms with E-state index in [1.807, 2.05) is 0 Å². The van der Waals surface area contributed by atoms with Crippen molar-refractivity contribution < 1.29 is 31.1 Å². The summed E-state index contributed by atoms with van der Waals surface area (Å²) in [6, 6.07) is 0.241. The largest absolute Gasteiger partial charge is 0.461 e. The minimum Gasteiger partial charge on any atom is -0.461 e. The molecule has 1 aliphatic rings. The van der Waals surface area contributed by atoms with Crippen LogP contribution in [0.2, 0.25) is 10.0 Å². The molecule has 3 aromatic rings. The number of sulfonamides is 1. The van der Waals surface area contributed by atoms with Crippen molar-refractivity contribution in [2.45, 2.75) is 75.6 Å². The van der Waals surface area contributed by atoms with Crippen molar-refractivity contribution in [2.75, 3.05) is 0 Å². The molecular weight excluding hydrogens is 632 g/mol. The van der Waals surface area contributed by atoms with Gasteiger partial charge in [-0.1, -0.05) is 59.9 Å². The van der Waals surface area contributed by atoms with E-state index in [1.54, 1.807) is 18.6 Å². The lowest BCUT2D eigenvalue weighted by Gasteiger charge is -2.24. The molecule has 0 unspecified atom stereocenters. The van der Waals surface area contributed by atoms with Gasteiger partial charge in [-0.15, -0.1) is 21.5 Å². The molecule has 1 saturated carbocycles. The Hall–Kier alpha value is -1.84. The smallest absolute Gasteiger partial charge is 0.404 e. The van der Waals surface area contributed by atoms with Crippen LogP contribution in [0.15, 0.2) is 17.0 Å². The van der Waals surface area contributed by atoms with Crippen molar-refractivity contribution >= 4 is 62.4 Å². The van der Waals surface area contributed by atoms with E-state index >= 15 is 0 Å². The van der Waals surface area contributed by atoms with Gasteiger partial charge in [0.15, 0.2) is 10.0 Å². The number of benzene rings is 1. The van der Waals surface area contributed by atoms with Crippen molar-refractivity contribution in [2.24, 2.45) is 5.92 Å². The molecule has 218 valence electrons. The first-order valence-corrected chi connectivity index (χ1v) is 16.0. The van der Waals surface area contributed by atoms with E-state index in [0.717, 1.165) is 31.0 Å². The third-order valence-electron chi connectivity index (χ3n) is 6.40. The Bertz CT molecular complexity index is 1510. The molecule has 1 N–H and O–H groups in total. The number of aromatic nitrogens is 3. The highest BCUT2D eigenvalue weighted by atomic mass is 35.5. The molecule has 1 aliphatic carbocycles. The van der Waals surface area contributed by atoms with Crippen LogP contribution in [0.4, 0.5) is 13.2 Å². The number of alkyl halides is 3. The second kappa shape index (κ2) is 11.8. The summed E-state index contributed by atoms with van der Waals surface area (Å²) in [5.41, 5.74) is 0.391. The van der Waals surface area contributed by atoms with Gasteiger partial charge in [0.25, 0.3) is 6.47 Å². The molecular formula is C24H25Cl2F3N4O4S3. The molecule has 1 fully saturated rings. The first-order chi connectivity index (χ1) is 18.6. The lowest BCUT2D eigenvalue weighted by molar-refractivity contribution is -0.147. The summed E-state index contributed by atoms with van der Waals surface area (Å²) in [5, 5.41) is 9.75. The quantitative estimate of drug-likeness (QED) is 0.229. The van der Waals surface area contributed by atoms with Crippen LogP contribution < -0.4 is 4.72 Å². The zero-order chi connectivity index (χ0) is 29.5. The number of rotatable bonds is 11. The Morgan fingerprint density at radius 3 is 2.45 bits per heavy atom. The lowest BCUT2D eigenvalue weighted by Crippen LogP contribution is -2.43. The Morgan fingerprint density at radius 2 is 1.85 bits per heavy atom. The second-order valence-corrected chi connectivity index (χ2v) is 14.6. The van der Waals surface area contributed by atoms with Crippen molar-refractivity contribution in [3.8, 4) is 20.5 Å². The van der Waals surface area contributed by atoms with Crippen LogP contribution in [0.1, 0.15) is 50.7 Å². The van der Waals surface area contributed by atoms with Gasteiger partial charge in [0.1, 0.15) is 21.5 Å². The normalized spacial score (nSPS) is 15.6. The summed E-state index contributed by atoms with van der Waals surface area (Å²) in [7, 11) is -4.62. The van der Waals surface area contributed by atoms with E-state index in [0.29, 0.717) is 57.6 Å². The van der Waals surface area contributed by atoms with E-state index < -0.39 is 32.7 Å². The minimum absolute atomic E-state index is 0.111. The van der Waals surface area contributed by atoms with Gasteiger partial charge in [0.2, 0.25) is 10.0 Å². The van der Waals surface area contributed by atoms with E-state index in [9.17, 15) is 26.4 Å². The van der Waals surface area contributed by atoms with Crippen molar-refractivity contribution in [3.63, 3.8) is 0 Å². The average Bonchev–Trinajstić information content (AvgIpc) is 3.43. The molecule has 1 aromatic carbocycles. The summed E-state index contributed by atoms with van der Waals surface area (Å²) in [5.74, 6) is 0.432. The fourth-order valence-electron chi connectivity index (χ4n) is 3.99. The molecule has 16 heteroatoms. The summed E-state index contributed by atoms with van der Waals surface area (Å²) >= 11 is 15.5. The van der Waals surface area contributed by atoms with Crippen LogP contribution in [0.3, 0.4) is 0 Å². The maximum atomic E-state index is 13.0. The van der Waals surface area contributed by atoms with E-state index in [-0.39, 0.29) is 10.0 Å². The predicted octanol–water partition coefficient (Wildman–Crippen LogP) is 6.70. The number of ether oxygens (including phenoxy) is 1. The fourth-order valence-corrected chi connectivity index (χ4v) is 8.33. The molecule has 2 heterocycles. The average molecular weight is 658 g/mol. The van der Waals surface area contributed by atoms with Crippen LogP contribution in [-0.2, 0) is 32.4 Å². The van der Waals surface area contributed by atoms with Gasteiger partial charge < -0.3 is 4.74 Å². The van der Waals surface area contributed by atoms with E-state index in [4.69, 9.17) is 32.9 Å². The summed E-state index contributed by atoms with van der Waals surface area (Å²) < 4.78 is 71.0. The van der Waals surface area contributed by atoms with Crippen LogP contribution in [0.25, 0.3) is 20.5 Å². The third-order valence-corrected chi connectivity index (χ3v) is 11.2. The number of carbonyl (C=O) groups is 1. The summed E-state index contributed by atoms with van der Waals surface area (Å²) in [4.78, 5) is 15.7. The Balaban J connectivity index is 1.70. The SMILES string of the molecule is C[C@H](NS(=O)(=O)c1ccc(-c2sc(-c3nnc(CC(C)(C)OC=O)s3)nc2CC2CCC2)c(Cl)c1Cl)C(F)(F)F. The van der Waals surface area contributed by atoms with Gasteiger partial charge in [0, 0.05) is 12.0 Å². The number of nitrogens with one attached hydrogen (secondary N) is 1. The standard InChI is InChI=1S/C24H25Cl2F3N4O4S3/c1-12(24(27,28)29)33-40(35,36)16-8-7-14(18(25)19(16)26)20-15(9-13-5-4-6-13)30-21(39-20)22-32-31-17(38-22)10-23(2,3)37-11-34/h7-8,11-13,33H,4-6,9-10H2,1-3H3/t12-/m0/s1. The number of nitrogens with zero attached hydrogens (tertiary/aromatic N) is 3. The van der Waals surface area contributed by atoms with Gasteiger partial charge in [-0.25, -0.2) is 13.4 Å². The van der Waals surface area contributed by atoms with E-state index in [2.05, 4.69) is 10.2 Å². The molecule has 0 spiro atoms. The Morgan fingerprint density at radius 1 is 1.15 bits per heavy atom. The zero-order valence-corrected chi connectivity index (χ0v) is 25.5. The van der Waals surface area contributed by atoms with Crippen molar-refractivity contribution in [1.29, 1.82) is 0 Å². The monoisotopic (exact) mass is 656 g/mol. The Labute approximate surface area is 247 Å². The molecule has 0 saturated heterocycles. The molecule has 8 nitrogen and oxygen atoms in total. The number of thiazole rings is 1. The molecule has 0 bridgehead atoms. The van der Waals surface area contributed by atoms with Crippen LogP contribution in [0, 0.1) is 5.92 Å². The topological polar surface area (TPSA) is 111 Å². The van der Waals surface area contributed by atoms with Crippen LogP contribution in [0.5, 0.6) is 0 Å². The Kier molecular flexibility index (Phi) is 9.18. The maximum absolute atomic E-state index is 13.0. The third kappa shape index (κ3) is 6.96. The van der Waals surface area contributed by atoms with E-state index in [1.165, 1.54) is 28.7 Å². The van der Waals surface area contributed by atoms with Gasteiger partial charge in [-0.3, -0.25) is 4.79 Å². The molecule has 1 atom stereocenters. The highest BCUT2D eigenvalue weighted by Gasteiger charge is 2.39. The first-order valence-electron chi connectivity index (χ1n) is 12.1. The molecule has 40 heavy (non-hydrogen) atoms. The number of hydrogen-bond acceptors (Lipinski definition) is 9. The van der Waals surface area contributed by atoms with Crippen LogP contribution >= 0.6 is 45.9 Å². The lowest BCUT2D eigenvalue weighted by atomic mass is 9.82. The van der Waals surface area contributed by atoms with Gasteiger partial charge in [-0.05, 0) is 39.2 Å². The van der Waals surface area contributed by atoms with Crippen molar-refractivity contribution in [3.05, 3.63) is 32.9 Å². The number of carbonyl (C=O) groups excluding carboxylic acids is 1. The zero-order valence-electron chi connectivity index (χ0n) is 21.5. The second-order valence-electron chi connectivity index (χ2n) is 10.1. The summed E-state index contributed by atoms with van der Waals surface area (Å²) in [6.07, 6.45) is -0.532. The number of hydrogen-bond donors (Lipinski definition) is 1. The summed E-state index contributed by atoms with van der Waals surface area (Å²) in [6.45, 7) is 4.60. The fraction of sp³-hybridized carbons (Fsp3) is 0.500. The predicted molar refractivity (Wildman–Crippen MR) is 148 cm³/mol. The van der Waals surface area contributed by atoms with Gasteiger partial charge in [0.05, 0.1) is 20.6 Å². The first kappa shape index (κ1) is 31.1. The molecule has 4 rings (SSSR count). The van der Waals surface area contributed by atoms with Gasteiger partial charge in [-0.2, -0.15) is 17.9 Å². The molecule has 0 aliphatic heterocycles. The van der Waals surface area contributed by atoms with Gasteiger partial charge >= 0.3 is 6.18 Å².